The summed E-state index contributed by atoms with van der Waals surface area (Å²) in [7, 11) is 1.32. The summed E-state index contributed by atoms with van der Waals surface area (Å²) in [5.74, 6) is 1.07. The van der Waals surface area contributed by atoms with Gasteiger partial charge in [-0.25, -0.2) is 14.8 Å². The molecule has 36 heavy (non-hydrogen) atoms. The fourth-order valence-corrected chi connectivity index (χ4v) is 4.69. The first kappa shape index (κ1) is 25.1. The Labute approximate surface area is 215 Å². The average molecular weight is 498 g/mol. The number of benzene rings is 3. The third-order valence-corrected chi connectivity index (χ3v) is 6.60. The zero-order valence-corrected chi connectivity index (χ0v) is 21.0. The van der Waals surface area contributed by atoms with Gasteiger partial charge >= 0.3 is 5.97 Å². The van der Waals surface area contributed by atoms with Gasteiger partial charge in [0.25, 0.3) is 0 Å². The molecule has 0 spiro atoms. The second-order valence-corrected chi connectivity index (χ2v) is 9.21. The molecule has 0 radical (unpaired) electrons. The van der Waals surface area contributed by atoms with Gasteiger partial charge in [0.05, 0.1) is 18.5 Å². The quantitative estimate of drug-likeness (QED) is 0.312. The second kappa shape index (κ2) is 12.1. The van der Waals surface area contributed by atoms with Crippen LogP contribution in [0.15, 0.2) is 91.0 Å². The minimum Gasteiger partial charge on any atom is -0.467 e. The number of esters is 1. The third-order valence-electron chi connectivity index (χ3n) is 5.49. The molecule has 0 saturated carbocycles. The molecule has 1 amide bonds. The Morgan fingerprint density at radius 3 is 1.89 bits per heavy atom. The van der Waals surface area contributed by atoms with Crippen LogP contribution in [0.3, 0.4) is 0 Å². The largest absolute Gasteiger partial charge is 0.467 e. The lowest BCUT2D eigenvalue weighted by molar-refractivity contribution is -0.144. The van der Waals surface area contributed by atoms with Crippen LogP contribution < -0.4 is 5.32 Å². The van der Waals surface area contributed by atoms with Crippen molar-refractivity contribution in [1.82, 2.24) is 15.3 Å². The first-order chi connectivity index (χ1) is 17.5. The molecule has 3 aromatic carbocycles. The topological polar surface area (TPSA) is 81.2 Å². The number of thioether (sulfide) groups is 1. The van der Waals surface area contributed by atoms with Gasteiger partial charge in [-0.1, -0.05) is 84.9 Å². The summed E-state index contributed by atoms with van der Waals surface area (Å²) in [6.45, 7) is 1.39. The Morgan fingerprint density at radius 2 is 1.39 bits per heavy atom. The van der Waals surface area contributed by atoms with Crippen molar-refractivity contribution in [2.45, 2.75) is 18.7 Å². The number of aromatic nitrogens is 2. The highest BCUT2D eigenvalue weighted by Gasteiger charge is 2.20. The highest BCUT2D eigenvalue weighted by Crippen LogP contribution is 2.28. The molecule has 4 aromatic rings. The Hall–Kier alpha value is -3.97. The molecule has 1 N–H and O–H groups in total. The smallest absolute Gasteiger partial charge is 0.329 e. The van der Waals surface area contributed by atoms with Gasteiger partial charge in [-0.05, 0) is 11.6 Å². The van der Waals surface area contributed by atoms with Crippen molar-refractivity contribution in [3.8, 4) is 33.9 Å². The van der Waals surface area contributed by atoms with Gasteiger partial charge in [0.15, 0.2) is 5.82 Å². The second-order valence-electron chi connectivity index (χ2n) is 8.18. The Balaban J connectivity index is 1.54. The summed E-state index contributed by atoms with van der Waals surface area (Å²) >= 11 is 1.55. The van der Waals surface area contributed by atoms with Gasteiger partial charge < -0.3 is 10.1 Å². The van der Waals surface area contributed by atoms with Crippen LogP contribution in [0.1, 0.15) is 12.5 Å². The van der Waals surface area contributed by atoms with Crippen molar-refractivity contribution in [3.05, 3.63) is 96.6 Å². The van der Waals surface area contributed by atoms with Gasteiger partial charge in [-0.3, -0.25) is 4.79 Å². The number of nitrogens with one attached hydrogen (secondary N) is 1. The highest BCUT2D eigenvalue weighted by molar-refractivity contribution is 7.98. The molecule has 0 bridgehead atoms. The lowest BCUT2D eigenvalue weighted by Crippen LogP contribution is -2.42. The van der Waals surface area contributed by atoms with E-state index in [1.807, 2.05) is 91.0 Å². The minimum absolute atomic E-state index is 0.261. The van der Waals surface area contributed by atoms with Crippen molar-refractivity contribution in [3.63, 3.8) is 0 Å². The number of hydrogen-bond acceptors (Lipinski definition) is 6. The molecule has 1 atom stereocenters. The number of hydrogen-bond donors (Lipinski definition) is 1. The fourth-order valence-electron chi connectivity index (χ4n) is 3.69. The molecule has 1 aromatic heterocycles. The van der Waals surface area contributed by atoms with E-state index in [4.69, 9.17) is 14.7 Å². The number of amides is 1. The van der Waals surface area contributed by atoms with E-state index >= 15 is 0 Å². The summed E-state index contributed by atoms with van der Waals surface area (Å²) in [6.07, 6.45) is 0. The van der Waals surface area contributed by atoms with E-state index in [0.717, 1.165) is 33.6 Å². The molecule has 7 heteroatoms. The molecule has 6 nitrogen and oxygen atoms in total. The first-order valence-electron chi connectivity index (χ1n) is 11.6. The molecule has 4 rings (SSSR count). The van der Waals surface area contributed by atoms with E-state index in [-0.39, 0.29) is 5.91 Å². The number of carbonyl (C=O) groups excluding carboxylic acids is 2. The molecule has 0 fully saturated rings. The van der Waals surface area contributed by atoms with Crippen LogP contribution >= 0.6 is 11.8 Å². The molecule has 0 aliphatic heterocycles. The van der Waals surface area contributed by atoms with Gasteiger partial charge in [0, 0.05) is 35.1 Å². The Morgan fingerprint density at radius 1 is 0.833 bits per heavy atom. The summed E-state index contributed by atoms with van der Waals surface area (Å²) in [5, 5.41) is 2.63. The minimum atomic E-state index is -0.665. The summed E-state index contributed by atoms with van der Waals surface area (Å²) in [6, 6.07) is 29.6. The van der Waals surface area contributed by atoms with E-state index in [1.54, 1.807) is 11.8 Å². The van der Waals surface area contributed by atoms with Crippen LogP contribution in [0.4, 0.5) is 0 Å². The van der Waals surface area contributed by atoms with E-state index in [0.29, 0.717) is 17.3 Å². The monoisotopic (exact) mass is 497 g/mol. The first-order valence-corrected chi connectivity index (χ1v) is 12.7. The zero-order valence-electron chi connectivity index (χ0n) is 20.2. The molecule has 182 valence electrons. The average Bonchev–Trinajstić information content (AvgIpc) is 2.93. The van der Waals surface area contributed by atoms with E-state index in [1.165, 1.54) is 14.0 Å². The van der Waals surface area contributed by atoms with E-state index in [9.17, 15) is 9.59 Å². The van der Waals surface area contributed by atoms with Gasteiger partial charge in [-0.2, -0.15) is 11.8 Å². The maximum absolute atomic E-state index is 11.9. The Bertz CT molecular complexity index is 1260. The van der Waals surface area contributed by atoms with Gasteiger partial charge in [0.2, 0.25) is 5.91 Å². The lowest BCUT2D eigenvalue weighted by atomic mass is 10.1. The van der Waals surface area contributed by atoms with Crippen LogP contribution in [-0.4, -0.2) is 40.7 Å². The van der Waals surface area contributed by atoms with Crippen molar-refractivity contribution in [2.24, 2.45) is 0 Å². The molecular weight excluding hydrogens is 470 g/mol. The van der Waals surface area contributed by atoms with Crippen molar-refractivity contribution >= 4 is 23.6 Å². The van der Waals surface area contributed by atoms with E-state index in [2.05, 4.69) is 5.32 Å². The maximum Gasteiger partial charge on any atom is 0.329 e. The molecule has 0 aliphatic carbocycles. The van der Waals surface area contributed by atoms with Crippen molar-refractivity contribution < 1.29 is 14.3 Å². The molecule has 1 heterocycles. The number of ether oxygens (including phenoxy) is 1. The highest BCUT2D eigenvalue weighted by atomic mass is 32.2. The number of nitrogens with zero attached hydrogens (tertiary/aromatic N) is 2. The lowest BCUT2D eigenvalue weighted by Gasteiger charge is -2.15. The van der Waals surface area contributed by atoms with Crippen molar-refractivity contribution in [2.75, 3.05) is 12.9 Å². The fraction of sp³-hybridized carbons (Fsp3) is 0.172. The summed E-state index contributed by atoms with van der Waals surface area (Å²) in [5.41, 5.74) is 5.82. The van der Waals surface area contributed by atoms with Gasteiger partial charge in [0.1, 0.15) is 6.04 Å². The summed E-state index contributed by atoms with van der Waals surface area (Å²) < 4.78 is 4.78. The van der Waals surface area contributed by atoms with Crippen LogP contribution in [-0.2, 0) is 20.1 Å². The Kier molecular flexibility index (Phi) is 8.47. The van der Waals surface area contributed by atoms with Crippen LogP contribution in [0.25, 0.3) is 33.9 Å². The maximum atomic E-state index is 11.9. The standard InChI is InChI=1S/C29H27N3O3S/c1-20(33)30-27(29(34)35-2)19-36-18-21-13-15-24(16-14-21)28-31-25(22-9-5-3-6-10-22)17-26(32-28)23-11-7-4-8-12-23/h3-17,27H,18-19H2,1-2H3,(H,30,33). The van der Waals surface area contributed by atoms with Crippen molar-refractivity contribution in [1.29, 1.82) is 0 Å². The predicted molar refractivity (Wildman–Crippen MR) is 144 cm³/mol. The predicted octanol–water partition coefficient (Wildman–Crippen LogP) is 5.39. The summed E-state index contributed by atoms with van der Waals surface area (Å²) in [4.78, 5) is 33.0. The van der Waals surface area contributed by atoms with E-state index < -0.39 is 12.0 Å². The van der Waals surface area contributed by atoms with Crippen LogP contribution in [0.5, 0.6) is 0 Å². The molecule has 0 aliphatic rings. The normalized spacial score (nSPS) is 11.5. The SMILES string of the molecule is COC(=O)C(CSCc1ccc(-c2nc(-c3ccccc3)cc(-c3ccccc3)n2)cc1)NC(C)=O. The van der Waals surface area contributed by atoms with Crippen LogP contribution in [0, 0.1) is 0 Å². The number of carbonyl (C=O) groups is 2. The molecular formula is C29H27N3O3S. The van der Waals surface area contributed by atoms with Gasteiger partial charge in [-0.15, -0.1) is 0 Å². The molecule has 0 saturated heterocycles. The number of methoxy groups -OCH3 is 1. The number of rotatable bonds is 9. The molecule has 1 unspecified atom stereocenters. The van der Waals surface area contributed by atoms with Crippen LogP contribution in [0.2, 0.25) is 0 Å². The third kappa shape index (κ3) is 6.58. The zero-order chi connectivity index (χ0) is 25.3.